The van der Waals surface area contributed by atoms with Crippen molar-refractivity contribution in [3.05, 3.63) is 29.8 Å². The van der Waals surface area contributed by atoms with Crippen LogP contribution >= 0.6 is 0 Å². The van der Waals surface area contributed by atoms with Gasteiger partial charge in [0, 0.05) is 37.4 Å². The fourth-order valence-electron chi connectivity index (χ4n) is 2.46. The minimum atomic E-state index is -0.161. The van der Waals surface area contributed by atoms with Crippen LogP contribution < -0.4 is 4.90 Å². The lowest BCUT2D eigenvalue weighted by Crippen LogP contribution is -2.44. The fraction of sp³-hybridized carbons (Fsp3) is 0.571. The van der Waals surface area contributed by atoms with Crippen molar-refractivity contribution in [2.24, 2.45) is 0 Å². The Balaban J connectivity index is 1.67. The Labute approximate surface area is 108 Å². The Hall–Kier alpha value is -1.10. The zero-order valence-corrected chi connectivity index (χ0v) is 10.8. The largest absolute Gasteiger partial charge is 0.369 e. The van der Waals surface area contributed by atoms with Gasteiger partial charge in [0.05, 0.1) is 13.2 Å². The van der Waals surface area contributed by atoms with E-state index in [4.69, 9.17) is 9.47 Å². The molecule has 98 valence electrons. The lowest BCUT2D eigenvalue weighted by atomic mass is 10.1. The quantitative estimate of drug-likeness (QED) is 0.791. The summed E-state index contributed by atoms with van der Waals surface area (Å²) in [5.41, 5.74) is 2.41. The first-order valence-corrected chi connectivity index (χ1v) is 6.59. The van der Waals surface area contributed by atoms with Crippen LogP contribution in [0.1, 0.15) is 11.9 Å². The number of hydrogen-bond acceptors (Lipinski definition) is 4. The van der Waals surface area contributed by atoms with Crippen LogP contribution in [0.15, 0.2) is 24.3 Å². The van der Waals surface area contributed by atoms with Gasteiger partial charge in [0.15, 0.2) is 6.29 Å². The van der Waals surface area contributed by atoms with Crippen LogP contribution in [-0.4, -0.2) is 51.3 Å². The first-order chi connectivity index (χ1) is 8.83. The highest BCUT2D eigenvalue weighted by molar-refractivity contribution is 5.48. The molecular weight excluding hydrogens is 228 g/mol. The number of nitrogens with zero attached hydrogens (tertiary/aromatic N) is 2. The van der Waals surface area contributed by atoms with Gasteiger partial charge >= 0.3 is 0 Å². The van der Waals surface area contributed by atoms with Crippen LogP contribution in [0.25, 0.3) is 0 Å². The minimum Gasteiger partial charge on any atom is -0.369 e. The molecule has 1 aromatic carbocycles. The van der Waals surface area contributed by atoms with Crippen LogP contribution in [-0.2, 0) is 9.47 Å². The average Bonchev–Trinajstić information content (AvgIpc) is 2.94. The summed E-state index contributed by atoms with van der Waals surface area (Å²) in [7, 11) is 2.18. The van der Waals surface area contributed by atoms with E-state index in [0.29, 0.717) is 13.2 Å². The number of likely N-dealkylation sites (N-methyl/N-ethyl adjacent to an activating group) is 1. The Morgan fingerprint density at radius 2 is 1.56 bits per heavy atom. The molecular formula is C14H20N2O2. The van der Waals surface area contributed by atoms with E-state index in [1.165, 1.54) is 5.69 Å². The highest BCUT2D eigenvalue weighted by atomic mass is 16.7. The van der Waals surface area contributed by atoms with Crippen molar-refractivity contribution in [1.82, 2.24) is 4.90 Å². The Morgan fingerprint density at radius 1 is 0.944 bits per heavy atom. The highest BCUT2D eigenvalue weighted by Gasteiger charge is 2.19. The molecule has 2 aliphatic heterocycles. The van der Waals surface area contributed by atoms with Crippen molar-refractivity contribution in [1.29, 1.82) is 0 Å². The molecule has 2 aliphatic rings. The molecule has 18 heavy (non-hydrogen) atoms. The molecule has 0 radical (unpaired) electrons. The second-order valence-corrected chi connectivity index (χ2v) is 4.96. The third kappa shape index (κ3) is 2.51. The number of ether oxygens (including phenoxy) is 2. The summed E-state index contributed by atoms with van der Waals surface area (Å²) in [6.07, 6.45) is -0.161. The van der Waals surface area contributed by atoms with Crippen LogP contribution in [0, 0.1) is 0 Å². The van der Waals surface area contributed by atoms with Gasteiger partial charge in [-0.1, -0.05) is 12.1 Å². The van der Waals surface area contributed by atoms with E-state index in [1.807, 2.05) is 0 Å². The molecule has 0 N–H and O–H groups in total. The molecule has 2 heterocycles. The summed E-state index contributed by atoms with van der Waals surface area (Å²) in [5.74, 6) is 0. The zero-order chi connectivity index (χ0) is 12.4. The Kier molecular flexibility index (Phi) is 3.50. The summed E-state index contributed by atoms with van der Waals surface area (Å²) in [6, 6.07) is 8.57. The van der Waals surface area contributed by atoms with Crippen LogP contribution in [0.4, 0.5) is 5.69 Å². The normalized spacial score (nSPS) is 22.6. The Bertz CT molecular complexity index is 379. The van der Waals surface area contributed by atoms with Gasteiger partial charge in [0.2, 0.25) is 0 Å². The summed E-state index contributed by atoms with van der Waals surface area (Å²) >= 11 is 0. The average molecular weight is 248 g/mol. The topological polar surface area (TPSA) is 24.9 Å². The van der Waals surface area contributed by atoms with Crippen molar-refractivity contribution < 1.29 is 9.47 Å². The molecule has 1 aromatic rings. The van der Waals surface area contributed by atoms with E-state index in [9.17, 15) is 0 Å². The van der Waals surface area contributed by atoms with Crippen molar-refractivity contribution in [3.63, 3.8) is 0 Å². The first kappa shape index (κ1) is 12.0. The van der Waals surface area contributed by atoms with Crippen molar-refractivity contribution >= 4 is 5.69 Å². The van der Waals surface area contributed by atoms with Crippen molar-refractivity contribution in [2.75, 3.05) is 51.3 Å². The second-order valence-electron chi connectivity index (χ2n) is 4.96. The molecule has 2 saturated heterocycles. The highest BCUT2D eigenvalue weighted by Crippen LogP contribution is 2.25. The first-order valence-electron chi connectivity index (χ1n) is 6.59. The lowest BCUT2D eigenvalue weighted by Gasteiger charge is -2.34. The zero-order valence-electron chi connectivity index (χ0n) is 10.8. The van der Waals surface area contributed by atoms with Gasteiger partial charge in [-0.2, -0.15) is 0 Å². The van der Waals surface area contributed by atoms with Gasteiger partial charge < -0.3 is 19.3 Å². The number of hydrogen-bond donors (Lipinski definition) is 0. The van der Waals surface area contributed by atoms with Gasteiger partial charge in [-0.05, 0) is 19.2 Å². The van der Waals surface area contributed by atoms with Crippen LogP contribution in [0.3, 0.4) is 0 Å². The molecule has 0 aliphatic carbocycles. The predicted octanol–water partition coefficient (Wildman–Crippen LogP) is 1.48. The molecule has 0 atom stereocenters. The standard InChI is InChI=1S/C14H20N2O2/c1-15-6-8-16(9-7-15)13-4-2-12(3-5-13)14-17-10-11-18-14/h2-5,14H,6-11H2,1H3. The van der Waals surface area contributed by atoms with Gasteiger partial charge in [-0.15, -0.1) is 0 Å². The maximum absolute atomic E-state index is 5.50. The maximum atomic E-state index is 5.50. The van der Waals surface area contributed by atoms with E-state index in [2.05, 4.69) is 41.1 Å². The molecule has 0 bridgehead atoms. The fourth-order valence-corrected chi connectivity index (χ4v) is 2.46. The van der Waals surface area contributed by atoms with E-state index < -0.39 is 0 Å². The molecule has 2 fully saturated rings. The molecule has 4 nitrogen and oxygen atoms in total. The van der Waals surface area contributed by atoms with Gasteiger partial charge in [-0.3, -0.25) is 0 Å². The third-order valence-electron chi connectivity index (χ3n) is 3.66. The molecule has 0 spiro atoms. The van der Waals surface area contributed by atoms with Gasteiger partial charge in [0.1, 0.15) is 0 Å². The molecule has 0 unspecified atom stereocenters. The monoisotopic (exact) mass is 248 g/mol. The van der Waals surface area contributed by atoms with Crippen molar-refractivity contribution in [2.45, 2.75) is 6.29 Å². The molecule has 0 saturated carbocycles. The van der Waals surface area contributed by atoms with Gasteiger partial charge in [-0.25, -0.2) is 0 Å². The smallest absolute Gasteiger partial charge is 0.184 e. The molecule has 3 rings (SSSR count). The minimum absolute atomic E-state index is 0.161. The Morgan fingerprint density at radius 3 is 2.17 bits per heavy atom. The molecule has 0 aromatic heterocycles. The number of benzene rings is 1. The maximum Gasteiger partial charge on any atom is 0.184 e. The molecule has 0 amide bonds. The van der Waals surface area contributed by atoms with E-state index in [1.54, 1.807) is 0 Å². The molecule has 4 heteroatoms. The number of piperazine rings is 1. The van der Waals surface area contributed by atoms with E-state index in [0.717, 1.165) is 31.7 Å². The SMILES string of the molecule is CN1CCN(c2ccc(C3OCCO3)cc2)CC1. The summed E-state index contributed by atoms with van der Waals surface area (Å²) in [6.45, 7) is 5.88. The summed E-state index contributed by atoms with van der Waals surface area (Å²) in [5, 5.41) is 0. The lowest BCUT2D eigenvalue weighted by molar-refractivity contribution is -0.0441. The van der Waals surface area contributed by atoms with Crippen LogP contribution in [0.2, 0.25) is 0 Å². The third-order valence-corrected chi connectivity index (χ3v) is 3.66. The van der Waals surface area contributed by atoms with Gasteiger partial charge in [0.25, 0.3) is 0 Å². The number of rotatable bonds is 2. The summed E-state index contributed by atoms with van der Waals surface area (Å²) in [4.78, 5) is 4.80. The predicted molar refractivity (Wildman–Crippen MR) is 70.8 cm³/mol. The second kappa shape index (κ2) is 5.26. The van der Waals surface area contributed by atoms with Crippen LogP contribution in [0.5, 0.6) is 0 Å². The van der Waals surface area contributed by atoms with E-state index >= 15 is 0 Å². The number of anilines is 1. The summed E-state index contributed by atoms with van der Waals surface area (Å²) < 4.78 is 11.0. The van der Waals surface area contributed by atoms with E-state index in [-0.39, 0.29) is 6.29 Å². The van der Waals surface area contributed by atoms with Crippen molar-refractivity contribution in [3.8, 4) is 0 Å².